The lowest BCUT2D eigenvalue weighted by Crippen LogP contribution is -2.43. The fourth-order valence-electron chi connectivity index (χ4n) is 1.34. The van der Waals surface area contributed by atoms with Crippen LogP contribution in [0.15, 0.2) is 29.2 Å². The molecular formula is C12H17NO2S. The second kappa shape index (κ2) is 5.37. The molecule has 88 valence electrons. The van der Waals surface area contributed by atoms with Gasteiger partial charge in [0.15, 0.2) is 0 Å². The first-order chi connectivity index (χ1) is 7.52. The summed E-state index contributed by atoms with van der Waals surface area (Å²) in [5.74, 6) is -0.396. The van der Waals surface area contributed by atoms with Gasteiger partial charge in [0.2, 0.25) is 0 Å². The van der Waals surface area contributed by atoms with Crippen molar-refractivity contribution in [1.29, 1.82) is 0 Å². The average Bonchev–Trinajstić information content (AvgIpc) is 2.29. The molecule has 0 amide bonds. The average molecular weight is 239 g/mol. The van der Waals surface area contributed by atoms with E-state index < -0.39 is 11.5 Å². The molecule has 0 aromatic heterocycles. The summed E-state index contributed by atoms with van der Waals surface area (Å²) in [5, 5.41) is 0. The zero-order valence-corrected chi connectivity index (χ0v) is 10.6. The summed E-state index contributed by atoms with van der Waals surface area (Å²) in [6.45, 7) is 3.78. The number of thioether (sulfide) groups is 1. The van der Waals surface area contributed by atoms with Crippen molar-refractivity contribution in [3.63, 3.8) is 0 Å². The van der Waals surface area contributed by atoms with E-state index in [0.717, 1.165) is 10.5 Å². The maximum absolute atomic E-state index is 11.7. The molecule has 0 saturated heterocycles. The van der Waals surface area contributed by atoms with E-state index in [4.69, 9.17) is 10.5 Å². The van der Waals surface area contributed by atoms with E-state index in [2.05, 4.69) is 0 Å². The van der Waals surface area contributed by atoms with Gasteiger partial charge in [-0.2, -0.15) is 0 Å². The molecule has 0 spiro atoms. The standard InChI is InChI=1S/C12H17NO2S/c1-4-15-11(14)12(2,13)9-5-7-10(16-3)8-6-9/h5-8H,4,13H2,1-3H3. The van der Waals surface area contributed by atoms with E-state index in [1.165, 1.54) is 0 Å². The Morgan fingerprint density at radius 2 is 2.00 bits per heavy atom. The minimum absolute atomic E-state index is 0.342. The summed E-state index contributed by atoms with van der Waals surface area (Å²) >= 11 is 1.65. The van der Waals surface area contributed by atoms with E-state index in [1.807, 2.05) is 30.5 Å². The Bertz CT molecular complexity index is 360. The van der Waals surface area contributed by atoms with Gasteiger partial charge in [0, 0.05) is 4.90 Å². The van der Waals surface area contributed by atoms with Crippen LogP contribution in [0.1, 0.15) is 19.4 Å². The topological polar surface area (TPSA) is 52.3 Å². The van der Waals surface area contributed by atoms with Crippen LogP contribution >= 0.6 is 11.8 Å². The van der Waals surface area contributed by atoms with Crippen LogP contribution < -0.4 is 5.73 Å². The van der Waals surface area contributed by atoms with Crippen molar-refractivity contribution in [1.82, 2.24) is 0 Å². The molecule has 0 bridgehead atoms. The Kier molecular flexibility index (Phi) is 4.38. The van der Waals surface area contributed by atoms with Crippen LogP contribution in [0.2, 0.25) is 0 Å². The molecule has 0 fully saturated rings. The molecule has 0 aliphatic carbocycles. The lowest BCUT2D eigenvalue weighted by Gasteiger charge is -2.22. The number of esters is 1. The van der Waals surface area contributed by atoms with Gasteiger partial charge in [0.1, 0.15) is 5.54 Å². The van der Waals surface area contributed by atoms with E-state index in [1.54, 1.807) is 25.6 Å². The minimum atomic E-state index is -1.08. The molecule has 0 aliphatic heterocycles. The number of hydrogen-bond acceptors (Lipinski definition) is 4. The summed E-state index contributed by atoms with van der Waals surface area (Å²) in [6.07, 6.45) is 2.00. The zero-order chi connectivity index (χ0) is 12.2. The lowest BCUT2D eigenvalue weighted by molar-refractivity contribution is -0.149. The highest BCUT2D eigenvalue weighted by Crippen LogP contribution is 2.22. The number of carbonyl (C=O) groups excluding carboxylic acids is 1. The van der Waals surface area contributed by atoms with Crippen LogP contribution in [0.25, 0.3) is 0 Å². The Morgan fingerprint density at radius 3 is 2.44 bits per heavy atom. The summed E-state index contributed by atoms with van der Waals surface area (Å²) in [4.78, 5) is 12.8. The third-order valence-corrected chi connectivity index (χ3v) is 3.13. The highest BCUT2D eigenvalue weighted by atomic mass is 32.2. The molecule has 3 nitrogen and oxygen atoms in total. The predicted octanol–water partition coefficient (Wildman–Crippen LogP) is 2.15. The minimum Gasteiger partial charge on any atom is -0.464 e. The molecule has 1 aromatic carbocycles. The van der Waals surface area contributed by atoms with Gasteiger partial charge in [0.25, 0.3) is 0 Å². The predicted molar refractivity (Wildman–Crippen MR) is 66.4 cm³/mol. The van der Waals surface area contributed by atoms with Crippen LogP contribution in [0, 0.1) is 0 Å². The van der Waals surface area contributed by atoms with Crippen molar-refractivity contribution in [2.24, 2.45) is 5.73 Å². The third kappa shape index (κ3) is 2.77. The molecule has 0 heterocycles. The smallest absolute Gasteiger partial charge is 0.330 e. The fraction of sp³-hybridized carbons (Fsp3) is 0.417. The maximum atomic E-state index is 11.7. The molecular weight excluding hydrogens is 222 g/mol. The van der Waals surface area contributed by atoms with Crippen LogP contribution in [0.4, 0.5) is 0 Å². The molecule has 1 atom stereocenters. The molecule has 0 aliphatic rings. The number of hydrogen-bond donors (Lipinski definition) is 1. The van der Waals surface area contributed by atoms with Crippen LogP contribution in [-0.2, 0) is 15.1 Å². The van der Waals surface area contributed by atoms with Crippen molar-refractivity contribution in [3.8, 4) is 0 Å². The monoisotopic (exact) mass is 239 g/mol. The van der Waals surface area contributed by atoms with Gasteiger partial charge < -0.3 is 10.5 Å². The lowest BCUT2D eigenvalue weighted by atomic mass is 9.93. The number of rotatable bonds is 4. The number of carbonyl (C=O) groups is 1. The van der Waals surface area contributed by atoms with Crippen molar-refractivity contribution in [2.45, 2.75) is 24.3 Å². The van der Waals surface area contributed by atoms with Gasteiger partial charge in [-0.1, -0.05) is 12.1 Å². The molecule has 4 heteroatoms. The number of ether oxygens (including phenoxy) is 1. The van der Waals surface area contributed by atoms with E-state index >= 15 is 0 Å². The van der Waals surface area contributed by atoms with Gasteiger partial charge >= 0.3 is 5.97 Å². The first kappa shape index (κ1) is 13.1. The highest BCUT2D eigenvalue weighted by molar-refractivity contribution is 7.98. The van der Waals surface area contributed by atoms with Gasteiger partial charge in [-0.25, -0.2) is 4.79 Å². The van der Waals surface area contributed by atoms with Gasteiger partial charge in [-0.05, 0) is 37.8 Å². The summed E-state index contributed by atoms with van der Waals surface area (Å²) in [5.41, 5.74) is 5.67. The van der Waals surface area contributed by atoms with Crippen molar-refractivity contribution in [3.05, 3.63) is 29.8 Å². The number of benzene rings is 1. The second-order valence-corrected chi connectivity index (χ2v) is 4.53. The van der Waals surface area contributed by atoms with Crippen molar-refractivity contribution >= 4 is 17.7 Å². The van der Waals surface area contributed by atoms with Crippen molar-refractivity contribution in [2.75, 3.05) is 12.9 Å². The molecule has 1 aromatic rings. The molecule has 2 N–H and O–H groups in total. The fourth-order valence-corrected chi connectivity index (χ4v) is 1.74. The van der Waals surface area contributed by atoms with Crippen LogP contribution in [0.5, 0.6) is 0 Å². The second-order valence-electron chi connectivity index (χ2n) is 3.65. The zero-order valence-electron chi connectivity index (χ0n) is 9.82. The molecule has 16 heavy (non-hydrogen) atoms. The molecule has 1 unspecified atom stereocenters. The first-order valence-electron chi connectivity index (χ1n) is 5.13. The van der Waals surface area contributed by atoms with Crippen molar-refractivity contribution < 1.29 is 9.53 Å². The van der Waals surface area contributed by atoms with E-state index in [-0.39, 0.29) is 0 Å². The van der Waals surface area contributed by atoms with Crippen LogP contribution in [0.3, 0.4) is 0 Å². The SMILES string of the molecule is CCOC(=O)C(C)(N)c1ccc(SC)cc1. The highest BCUT2D eigenvalue weighted by Gasteiger charge is 2.31. The third-order valence-electron chi connectivity index (χ3n) is 2.39. The Labute approximate surface area is 100 Å². The van der Waals surface area contributed by atoms with Gasteiger partial charge in [-0.15, -0.1) is 11.8 Å². The summed E-state index contributed by atoms with van der Waals surface area (Å²) in [7, 11) is 0. The Hall–Kier alpha value is -1.00. The van der Waals surface area contributed by atoms with E-state index in [0.29, 0.717) is 6.61 Å². The summed E-state index contributed by atoms with van der Waals surface area (Å²) in [6, 6.07) is 7.63. The largest absolute Gasteiger partial charge is 0.464 e. The molecule has 0 saturated carbocycles. The molecule has 0 radical (unpaired) electrons. The normalized spacial score (nSPS) is 14.2. The number of nitrogens with two attached hydrogens (primary N) is 1. The van der Waals surface area contributed by atoms with Gasteiger partial charge in [-0.3, -0.25) is 0 Å². The maximum Gasteiger partial charge on any atom is 0.330 e. The summed E-state index contributed by atoms with van der Waals surface area (Å²) < 4.78 is 4.95. The van der Waals surface area contributed by atoms with E-state index in [9.17, 15) is 4.79 Å². The first-order valence-corrected chi connectivity index (χ1v) is 6.35. The Balaban J connectivity index is 2.93. The van der Waals surface area contributed by atoms with Gasteiger partial charge in [0.05, 0.1) is 6.61 Å². The van der Waals surface area contributed by atoms with Crippen LogP contribution in [-0.4, -0.2) is 18.8 Å². The Morgan fingerprint density at radius 1 is 1.44 bits per heavy atom. The quantitative estimate of drug-likeness (QED) is 0.646. The molecule has 1 rings (SSSR count).